The highest BCUT2D eigenvalue weighted by molar-refractivity contribution is 5.92. The quantitative estimate of drug-likeness (QED) is 0.763. The van der Waals surface area contributed by atoms with Gasteiger partial charge in [-0.15, -0.1) is 5.10 Å². The normalized spacial score (nSPS) is 16.2. The third-order valence-electron chi connectivity index (χ3n) is 4.35. The van der Waals surface area contributed by atoms with Crippen LogP contribution in [0.5, 0.6) is 0 Å². The summed E-state index contributed by atoms with van der Waals surface area (Å²) < 4.78 is 0. The van der Waals surface area contributed by atoms with Crippen LogP contribution in [-0.2, 0) is 6.42 Å². The molecule has 1 aliphatic rings. The van der Waals surface area contributed by atoms with Gasteiger partial charge in [0.05, 0.1) is 17.9 Å². The lowest BCUT2D eigenvalue weighted by molar-refractivity contribution is 0.0927. The second-order valence-corrected chi connectivity index (χ2v) is 6.03. The van der Waals surface area contributed by atoms with Gasteiger partial charge >= 0.3 is 0 Å². The highest BCUT2D eigenvalue weighted by atomic mass is 16.2. The molecule has 2 heterocycles. The number of H-pyrrole nitrogens is 1. The predicted octanol–water partition coefficient (Wildman–Crippen LogP) is 1.76. The molecule has 0 saturated heterocycles. The lowest BCUT2D eigenvalue weighted by Crippen LogP contribution is -2.32. The SMILES string of the molecule is O=C(NC1CCCc2[nH]c(=O)ccc21)c1cnn(-c2ccccc2)n1. The van der Waals surface area contributed by atoms with E-state index < -0.39 is 0 Å². The van der Waals surface area contributed by atoms with Gasteiger partial charge < -0.3 is 10.3 Å². The Hall–Kier alpha value is -3.22. The molecule has 2 aromatic heterocycles. The molecule has 7 heteroatoms. The van der Waals surface area contributed by atoms with Crippen LogP contribution in [0.3, 0.4) is 0 Å². The zero-order valence-corrected chi connectivity index (χ0v) is 13.5. The van der Waals surface area contributed by atoms with Crippen molar-refractivity contribution in [2.75, 3.05) is 0 Å². The van der Waals surface area contributed by atoms with Crippen molar-refractivity contribution in [2.24, 2.45) is 0 Å². The second kappa shape index (κ2) is 6.35. The molecule has 0 saturated carbocycles. The molecule has 1 unspecified atom stereocenters. The number of nitrogens with one attached hydrogen (secondary N) is 2. The number of fused-ring (bicyclic) bond motifs is 1. The van der Waals surface area contributed by atoms with E-state index >= 15 is 0 Å². The first kappa shape index (κ1) is 15.3. The number of hydrogen-bond acceptors (Lipinski definition) is 4. The summed E-state index contributed by atoms with van der Waals surface area (Å²) in [7, 11) is 0. The number of amides is 1. The van der Waals surface area contributed by atoms with E-state index in [1.165, 1.54) is 17.1 Å². The average Bonchev–Trinajstić information content (AvgIpc) is 3.13. The third kappa shape index (κ3) is 3.08. The summed E-state index contributed by atoms with van der Waals surface area (Å²) in [5.41, 5.74) is 2.81. The number of aromatic nitrogens is 4. The van der Waals surface area contributed by atoms with Gasteiger partial charge in [-0.05, 0) is 43.0 Å². The molecule has 1 amide bonds. The van der Waals surface area contributed by atoms with Crippen molar-refractivity contribution in [3.63, 3.8) is 0 Å². The number of hydrogen-bond donors (Lipinski definition) is 2. The molecule has 1 aromatic carbocycles. The van der Waals surface area contributed by atoms with Crippen molar-refractivity contribution in [2.45, 2.75) is 25.3 Å². The van der Waals surface area contributed by atoms with E-state index in [2.05, 4.69) is 20.5 Å². The van der Waals surface area contributed by atoms with E-state index in [-0.39, 0.29) is 23.2 Å². The van der Waals surface area contributed by atoms with Gasteiger partial charge in [0.2, 0.25) is 5.56 Å². The summed E-state index contributed by atoms with van der Waals surface area (Å²) >= 11 is 0. The van der Waals surface area contributed by atoms with E-state index in [9.17, 15) is 9.59 Å². The maximum Gasteiger partial charge on any atom is 0.273 e. The molecule has 0 bridgehead atoms. The first-order chi connectivity index (χ1) is 12.2. The Bertz CT molecular complexity index is 961. The van der Waals surface area contributed by atoms with Crippen LogP contribution in [0.1, 0.15) is 40.6 Å². The summed E-state index contributed by atoms with van der Waals surface area (Å²) in [5, 5.41) is 11.4. The minimum absolute atomic E-state index is 0.114. The average molecular weight is 335 g/mol. The molecule has 2 N–H and O–H groups in total. The highest BCUT2D eigenvalue weighted by Crippen LogP contribution is 2.27. The maximum atomic E-state index is 12.5. The fourth-order valence-electron chi connectivity index (χ4n) is 3.14. The number of nitrogens with zero attached hydrogens (tertiary/aromatic N) is 3. The molecule has 7 nitrogen and oxygen atoms in total. The molecule has 1 aliphatic carbocycles. The lowest BCUT2D eigenvalue weighted by atomic mass is 9.91. The van der Waals surface area contributed by atoms with Crippen molar-refractivity contribution in [3.8, 4) is 5.69 Å². The smallest absolute Gasteiger partial charge is 0.273 e. The molecule has 4 rings (SSSR count). The molecule has 0 fully saturated rings. The van der Waals surface area contributed by atoms with Crippen molar-refractivity contribution < 1.29 is 4.79 Å². The fourth-order valence-corrected chi connectivity index (χ4v) is 3.14. The van der Waals surface area contributed by atoms with E-state index in [1.807, 2.05) is 30.3 Å². The Morgan fingerprint density at radius 2 is 2.04 bits per heavy atom. The minimum atomic E-state index is -0.272. The number of rotatable bonds is 3. The maximum absolute atomic E-state index is 12.5. The molecule has 0 aliphatic heterocycles. The number of para-hydroxylation sites is 1. The van der Waals surface area contributed by atoms with Crippen LogP contribution in [0, 0.1) is 0 Å². The summed E-state index contributed by atoms with van der Waals surface area (Å²) in [6.07, 6.45) is 4.02. The molecular weight excluding hydrogens is 318 g/mol. The van der Waals surface area contributed by atoms with Gasteiger partial charge in [0, 0.05) is 11.8 Å². The summed E-state index contributed by atoms with van der Waals surface area (Å²) in [5.74, 6) is -0.272. The Kier molecular flexibility index (Phi) is 3.89. The molecule has 1 atom stereocenters. The van der Waals surface area contributed by atoms with Crippen molar-refractivity contribution in [1.29, 1.82) is 0 Å². The van der Waals surface area contributed by atoms with Crippen molar-refractivity contribution >= 4 is 5.91 Å². The van der Waals surface area contributed by atoms with Gasteiger partial charge in [-0.2, -0.15) is 9.90 Å². The Balaban J connectivity index is 1.54. The summed E-state index contributed by atoms with van der Waals surface area (Å²) in [6.45, 7) is 0. The van der Waals surface area contributed by atoms with Crippen LogP contribution in [0.2, 0.25) is 0 Å². The molecule has 0 spiro atoms. The van der Waals surface area contributed by atoms with Gasteiger partial charge in [0.15, 0.2) is 5.69 Å². The Morgan fingerprint density at radius 3 is 2.88 bits per heavy atom. The number of carbonyl (C=O) groups excluding carboxylic acids is 1. The zero-order chi connectivity index (χ0) is 17.2. The van der Waals surface area contributed by atoms with Crippen LogP contribution in [-0.4, -0.2) is 25.9 Å². The van der Waals surface area contributed by atoms with Gasteiger partial charge in [-0.3, -0.25) is 9.59 Å². The van der Waals surface area contributed by atoms with Crippen LogP contribution < -0.4 is 10.9 Å². The van der Waals surface area contributed by atoms with Crippen LogP contribution in [0.25, 0.3) is 5.69 Å². The molecule has 126 valence electrons. The third-order valence-corrected chi connectivity index (χ3v) is 4.35. The van der Waals surface area contributed by atoms with E-state index in [0.29, 0.717) is 0 Å². The highest BCUT2D eigenvalue weighted by Gasteiger charge is 2.24. The van der Waals surface area contributed by atoms with Gasteiger partial charge in [0.1, 0.15) is 0 Å². The number of aromatic amines is 1. The largest absolute Gasteiger partial charge is 0.344 e. The zero-order valence-electron chi connectivity index (χ0n) is 13.5. The van der Waals surface area contributed by atoms with E-state index in [0.717, 1.165) is 36.2 Å². The van der Waals surface area contributed by atoms with Crippen LogP contribution >= 0.6 is 0 Å². The van der Waals surface area contributed by atoms with Gasteiger partial charge in [-0.1, -0.05) is 18.2 Å². The number of pyridine rings is 1. The van der Waals surface area contributed by atoms with E-state index in [4.69, 9.17) is 0 Å². The second-order valence-electron chi connectivity index (χ2n) is 6.03. The van der Waals surface area contributed by atoms with Crippen LogP contribution in [0.4, 0.5) is 0 Å². The lowest BCUT2D eigenvalue weighted by Gasteiger charge is -2.25. The Morgan fingerprint density at radius 1 is 1.20 bits per heavy atom. The van der Waals surface area contributed by atoms with Crippen LogP contribution in [0.15, 0.2) is 53.5 Å². The fraction of sp³-hybridized carbons (Fsp3) is 0.222. The topological polar surface area (TPSA) is 92.7 Å². The monoisotopic (exact) mass is 335 g/mol. The van der Waals surface area contributed by atoms with Gasteiger partial charge in [0.25, 0.3) is 5.91 Å². The van der Waals surface area contributed by atoms with Crippen molar-refractivity contribution in [3.05, 3.63) is 76.0 Å². The summed E-state index contributed by atoms with van der Waals surface area (Å²) in [6, 6.07) is 12.6. The number of aryl methyl sites for hydroxylation is 1. The van der Waals surface area contributed by atoms with Crippen molar-refractivity contribution in [1.82, 2.24) is 25.3 Å². The standard InChI is InChI=1S/C18H17N5O2/c24-17-10-9-13-14(20-17)7-4-8-15(13)21-18(25)16-11-19-23(22-16)12-5-2-1-3-6-12/h1-3,5-6,9-11,15H,4,7-8H2,(H,20,24)(H,21,25). The number of carbonyl (C=O) groups is 1. The Labute approximate surface area is 143 Å². The first-order valence-electron chi connectivity index (χ1n) is 8.21. The molecule has 25 heavy (non-hydrogen) atoms. The molecular formula is C18H17N5O2. The van der Waals surface area contributed by atoms with E-state index in [1.54, 1.807) is 6.07 Å². The molecule has 3 aromatic rings. The predicted molar refractivity (Wildman–Crippen MR) is 91.6 cm³/mol. The minimum Gasteiger partial charge on any atom is -0.344 e. The first-order valence-corrected chi connectivity index (χ1v) is 8.21. The number of benzene rings is 1. The molecule has 0 radical (unpaired) electrons. The van der Waals surface area contributed by atoms with Gasteiger partial charge in [-0.25, -0.2) is 0 Å². The summed E-state index contributed by atoms with van der Waals surface area (Å²) in [4.78, 5) is 28.3.